The van der Waals surface area contributed by atoms with E-state index in [1.807, 2.05) is 13.8 Å². The lowest BCUT2D eigenvalue weighted by Gasteiger charge is -2.46. The second-order valence-electron chi connectivity index (χ2n) is 14.3. The fraction of sp³-hybridized carbons (Fsp3) is 0.892. The topological polar surface area (TPSA) is 229 Å². The molecular weight excluding hydrogens is 732 g/mol. The van der Waals surface area contributed by atoms with Crippen LogP contribution in [0.3, 0.4) is 0 Å². The van der Waals surface area contributed by atoms with Gasteiger partial charge in [0, 0.05) is 12.0 Å². The van der Waals surface area contributed by atoms with Crippen LogP contribution in [0.25, 0.3) is 0 Å². The summed E-state index contributed by atoms with van der Waals surface area (Å²) in [6.07, 6.45) is 2.01. The Morgan fingerprint density at radius 1 is 0.722 bits per heavy atom. The Balaban J connectivity index is 2.16. The van der Waals surface area contributed by atoms with Crippen molar-refractivity contribution >= 4 is 24.3 Å². The van der Waals surface area contributed by atoms with Crippen molar-refractivity contribution in [3.63, 3.8) is 0 Å². The van der Waals surface area contributed by atoms with Gasteiger partial charge in [0.05, 0.1) is 13.2 Å². The molecule has 2 aliphatic rings. The maximum absolute atomic E-state index is 13.3. The zero-order valence-corrected chi connectivity index (χ0v) is 33.1. The van der Waals surface area contributed by atoms with E-state index in [2.05, 4.69) is 16.3 Å². The van der Waals surface area contributed by atoms with E-state index in [-0.39, 0.29) is 30.2 Å². The maximum atomic E-state index is 13.3. The molecule has 16 nitrogen and oxygen atoms in total. The summed E-state index contributed by atoms with van der Waals surface area (Å²) in [5.74, 6) is -1.43. The third-order valence-electron chi connectivity index (χ3n) is 9.69. The van der Waals surface area contributed by atoms with Crippen molar-refractivity contribution in [2.75, 3.05) is 13.2 Å². The average molecular weight is 799 g/mol. The molecule has 2 aliphatic heterocycles. The lowest BCUT2D eigenvalue weighted by atomic mass is 9.97. The van der Waals surface area contributed by atoms with E-state index in [0.717, 1.165) is 38.5 Å². The van der Waals surface area contributed by atoms with E-state index >= 15 is 0 Å². The highest BCUT2D eigenvalue weighted by Crippen LogP contribution is 2.33. The van der Waals surface area contributed by atoms with Crippen LogP contribution < -0.4 is 0 Å². The van der Waals surface area contributed by atoms with E-state index < -0.39 is 86.6 Å². The number of esters is 2. The molecule has 11 atom stereocenters. The first kappa shape index (κ1) is 48.7. The summed E-state index contributed by atoms with van der Waals surface area (Å²) in [4.78, 5) is 26.6. The molecule has 6 N–H and O–H groups in total. The summed E-state index contributed by atoms with van der Waals surface area (Å²) in [7, 11) is 0. The maximum Gasteiger partial charge on any atom is 0.333 e. The number of carbonyl (C=O) groups is 2. The molecule has 2 rings (SSSR count). The molecule has 0 aromatic heterocycles. The van der Waals surface area contributed by atoms with E-state index in [1.54, 1.807) is 13.0 Å². The van der Waals surface area contributed by atoms with Crippen LogP contribution in [0.15, 0.2) is 11.6 Å². The largest absolute Gasteiger partial charge is 0.453 e. The van der Waals surface area contributed by atoms with Crippen LogP contribution in [0, 0.1) is 5.92 Å². The van der Waals surface area contributed by atoms with Gasteiger partial charge >= 0.3 is 11.9 Å². The minimum atomic E-state index is -1.81. The molecule has 0 aromatic carbocycles. The number of allylic oxidation sites excluding steroid dienone is 1. The zero-order valence-electron chi connectivity index (χ0n) is 32.3. The lowest BCUT2D eigenvalue weighted by Crippen LogP contribution is -2.65. The van der Waals surface area contributed by atoms with Crippen molar-refractivity contribution in [1.82, 2.24) is 0 Å². The first-order valence-electron chi connectivity index (χ1n) is 19.6. The second kappa shape index (κ2) is 28.0. The van der Waals surface area contributed by atoms with Crippen LogP contribution in [0.1, 0.15) is 130 Å². The van der Waals surface area contributed by atoms with E-state index in [1.165, 1.54) is 51.4 Å². The Morgan fingerprint density at radius 3 is 1.80 bits per heavy atom. The van der Waals surface area contributed by atoms with Crippen molar-refractivity contribution in [3.8, 4) is 0 Å². The van der Waals surface area contributed by atoms with Gasteiger partial charge in [-0.05, 0) is 25.7 Å². The molecule has 0 spiro atoms. The molecule has 54 heavy (non-hydrogen) atoms. The van der Waals surface area contributed by atoms with Crippen LogP contribution in [-0.4, -0.2) is 117 Å². The van der Waals surface area contributed by atoms with Gasteiger partial charge in [0.25, 0.3) is 0 Å². The monoisotopic (exact) mass is 798 g/mol. The Hall–Kier alpha value is -1.45. The second-order valence-corrected chi connectivity index (χ2v) is 14.7. The van der Waals surface area contributed by atoms with Gasteiger partial charge in [-0.2, -0.15) is 0 Å². The van der Waals surface area contributed by atoms with Gasteiger partial charge in [-0.3, -0.25) is 8.98 Å². The van der Waals surface area contributed by atoms with Gasteiger partial charge < -0.3 is 49.2 Å². The molecule has 0 radical (unpaired) electrons. The highest BCUT2D eigenvalue weighted by atomic mass is 32.2. The van der Waals surface area contributed by atoms with Gasteiger partial charge in [0.15, 0.2) is 30.8 Å². The van der Waals surface area contributed by atoms with Gasteiger partial charge in [-0.1, -0.05) is 115 Å². The number of ether oxygens (including phenoxy) is 5. The third-order valence-corrected chi connectivity index (χ3v) is 10.1. The van der Waals surface area contributed by atoms with E-state index in [9.17, 15) is 35.1 Å². The molecule has 0 saturated carbocycles. The molecule has 316 valence electrons. The summed E-state index contributed by atoms with van der Waals surface area (Å²) in [5.41, 5.74) is 0.252. The normalized spacial score (nSPS) is 29.6. The number of aliphatic hydroxyl groups is 5. The number of unbranched alkanes of at least 4 members (excludes halogenated alkanes) is 12. The summed E-state index contributed by atoms with van der Waals surface area (Å²) >= 11 is 0.0628. The molecule has 10 unspecified atom stereocenters. The van der Waals surface area contributed by atoms with Gasteiger partial charge in [-0.15, -0.1) is 4.33 Å². The molecule has 17 heteroatoms. The van der Waals surface area contributed by atoms with Crippen molar-refractivity contribution in [1.29, 1.82) is 0 Å². The molecule has 0 amide bonds. The summed E-state index contributed by atoms with van der Waals surface area (Å²) in [6, 6.07) is 0. The van der Waals surface area contributed by atoms with Crippen LogP contribution in [-0.2, 0) is 46.8 Å². The molecule has 2 heterocycles. The third kappa shape index (κ3) is 17.0. The quantitative estimate of drug-likeness (QED) is 0.0159. The standard InChI is InChI=1S/C37H66O16S/c1-5-7-8-9-10-11-12-13-14-15-16-17-18-20-28(40)48-34-33(49-35(44)25(4)21-24(3)19-6-2)30(42)27(23-39)47-37(34)50-36-31(43)32(51-54-53-52-45)29(41)26(22-38)46-36/h21,24,26-27,29-34,36-39,41-43,45H,5-20,22-23H2,1-4H3/b25-21+/t24-,26?,27?,29?,30?,31?,32?,33?,34?,36?,37?/m0/s1. The number of hydrogen-bond acceptors (Lipinski definition) is 17. The fourth-order valence-corrected chi connectivity index (χ4v) is 7.02. The summed E-state index contributed by atoms with van der Waals surface area (Å²) in [5, 5.41) is 64.7. The van der Waals surface area contributed by atoms with Gasteiger partial charge in [0.2, 0.25) is 6.29 Å². The van der Waals surface area contributed by atoms with Crippen molar-refractivity contribution in [3.05, 3.63) is 11.6 Å². The van der Waals surface area contributed by atoms with Crippen molar-refractivity contribution in [2.24, 2.45) is 5.92 Å². The van der Waals surface area contributed by atoms with Gasteiger partial charge in [0.1, 0.15) is 36.6 Å². The Kier molecular flexibility index (Phi) is 25.3. The predicted octanol–water partition coefficient (Wildman–Crippen LogP) is 4.58. The van der Waals surface area contributed by atoms with Crippen LogP contribution in [0.2, 0.25) is 0 Å². The lowest BCUT2D eigenvalue weighted by molar-refractivity contribution is -0.435. The van der Waals surface area contributed by atoms with Gasteiger partial charge in [-0.25, -0.2) is 10.1 Å². The number of carbonyl (C=O) groups excluding carboxylic acids is 2. The van der Waals surface area contributed by atoms with Crippen molar-refractivity contribution in [2.45, 2.75) is 192 Å². The molecule has 2 fully saturated rings. The SMILES string of the molecule is CCCCCCCCCCCCCCCC(=O)OC1C(OC2OC(CO)C(O)C(OSOOO)C2O)OC(CO)C(O)C1OC(=O)/C(C)=C/[C@@H](C)CCC. The molecule has 0 bridgehead atoms. The minimum Gasteiger partial charge on any atom is -0.453 e. The Bertz CT molecular complexity index is 1050. The predicted molar refractivity (Wildman–Crippen MR) is 196 cm³/mol. The van der Waals surface area contributed by atoms with Crippen LogP contribution in [0.4, 0.5) is 0 Å². The smallest absolute Gasteiger partial charge is 0.333 e. The van der Waals surface area contributed by atoms with E-state index in [4.69, 9.17) is 33.1 Å². The Labute approximate surface area is 324 Å². The Morgan fingerprint density at radius 2 is 1.26 bits per heavy atom. The molecular formula is C37H66O16S. The highest BCUT2D eigenvalue weighted by molar-refractivity contribution is 7.89. The minimum absolute atomic E-state index is 0.00995. The molecule has 0 aliphatic carbocycles. The molecule has 2 saturated heterocycles. The summed E-state index contributed by atoms with van der Waals surface area (Å²) in [6.45, 7) is 6.23. The highest BCUT2D eigenvalue weighted by Gasteiger charge is 2.54. The first-order chi connectivity index (χ1) is 26.0. The number of rotatable bonds is 28. The average Bonchev–Trinajstić information content (AvgIpc) is 3.15. The molecule has 0 aromatic rings. The van der Waals surface area contributed by atoms with E-state index in [0.29, 0.717) is 6.42 Å². The first-order valence-corrected chi connectivity index (χ1v) is 20.3. The van der Waals surface area contributed by atoms with Crippen LogP contribution >= 0.6 is 12.3 Å². The van der Waals surface area contributed by atoms with Crippen molar-refractivity contribution < 1.29 is 77.6 Å². The number of hydrogen-bond donors (Lipinski definition) is 6. The van der Waals surface area contributed by atoms with Crippen LogP contribution in [0.5, 0.6) is 0 Å². The fourth-order valence-electron chi connectivity index (χ4n) is 6.64. The summed E-state index contributed by atoms with van der Waals surface area (Å²) < 4.78 is 38.1. The zero-order chi connectivity index (χ0) is 39.9. The number of aliphatic hydroxyl groups excluding tert-OH is 5.